The largest absolute Gasteiger partial charge is 0.355 e. The van der Waals surface area contributed by atoms with Gasteiger partial charge < -0.3 is 10.2 Å². The molecule has 2 rings (SSSR count). The number of nitrogens with one attached hydrogen (secondary N) is 1. The van der Waals surface area contributed by atoms with E-state index in [4.69, 9.17) is 0 Å². The molecule has 2 aromatic rings. The molecule has 0 amide bonds. The Hall–Kier alpha value is -1.94. The van der Waals surface area contributed by atoms with Crippen molar-refractivity contribution in [3.8, 4) is 0 Å². The summed E-state index contributed by atoms with van der Waals surface area (Å²) in [6, 6.07) is 10.9. The van der Waals surface area contributed by atoms with Crippen molar-refractivity contribution < 1.29 is 4.39 Å². The lowest BCUT2D eigenvalue weighted by Crippen LogP contribution is -2.22. The molecule has 0 spiro atoms. The lowest BCUT2D eigenvalue weighted by molar-refractivity contribution is 0.624. The van der Waals surface area contributed by atoms with Crippen molar-refractivity contribution in [3.05, 3.63) is 59.5 Å². The van der Waals surface area contributed by atoms with Gasteiger partial charge in [0.1, 0.15) is 11.6 Å². The third kappa shape index (κ3) is 3.33. The Kier molecular flexibility index (Phi) is 4.69. The molecule has 3 nitrogen and oxygen atoms in total. The Morgan fingerprint density at radius 3 is 2.80 bits per heavy atom. The highest BCUT2D eigenvalue weighted by Gasteiger charge is 2.13. The minimum atomic E-state index is -0.208. The van der Waals surface area contributed by atoms with E-state index in [-0.39, 0.29) is 11.9 Å². The quantitative estimate of drug-likeness (QED) is 0.907. The zero-order valence-corrected chi connectivity index (χ0v) is 12.1. The van der Waals surface area contributed by atoms with Crippen LogP contribution >= 0.6 is 0 Å². The molecule has 0 saturated carbocycles. The smallest absolute Gasteiger partial charge is 0.133 e. The molecule has 106 valence electrons. The second-order valence-electron chi connectivity index (χ2n) is 4.91. The van der Waals surface area contributed by atoms with Crippen molar-refractivity contribution in [2.24, 2.45) is 0 Å². The van der Waals surface area contributed by atoms with Gasteiger partial charge in [0.25, 0.3) is 0 Å². The Labute approximate surface area is 119 Å². The molecule has 0 fully saturated rings. The highest BCUT2D eigenvalue weighted by atomic mass is 19.1. The minimum Gasteiger partial charge on any atom is -0.355 e. The standard InChI is InChI=1S/C16H20FN3/c1-12(18-2)15-8-5-9-19-16(15)20(3)11-13-6-4-7-14(17)10-13/h4-10,12,18H,11H2,1-3H3. The summed E-state index contributed by atoms with van der Waals surface area (Å²) < 4.78 is 13.2. The third-order valence-electron chi connectivity index (χ3n) is 3.39. The fourth-order valence-electron chi connectivity index (χ4n) is 2.21. The van der Waals surface area contributed by atoms with Crippen molar-refractivity contribution in [1.82, 2.24) is 10.3 Å². The summed E-state index contributed by atoms with van der Waals surface area (Å²) in [6.45, 7) is 2.72. The van der Waals surface area contributed by atoms with Crippen LogP contribution in [0.3, 0.4) is 0 Å². The maximum absolute atomic E-state index is 13.2. The Bertz CT molecular complexity index is 571. The number of aromatic nitrogens is 1. The van der Waals surface area contributed by atoms with E-state index in [1.807, 2.05) is 31.1 Å². The molecule has 1 atom stereocenters. The van der Waals surface area contributed by atoms with Gasteiger partial charge in [0.05, 0.1) is 0 Å². The highest BCUT2D eigenvalue weighted by Crippen LogP contribution is 2.23. The molecule has 1 aromatic heterocycles. The zero-order chi connectivity index (χ0) is 14.5. The maximum Gasteiger partial charge on any atom is 0.133 e. The van der Waals surface area contributed by atoms with E-state index in [1.54, 1.807) is 18.3 Å². The number of pyridine rings is 1. The fourth-order valence-corrected chi connectivity index (χ4v) is 2.21. The summed E-state index contributed by atoms with van der Waals surface area (Å²) in [4.78, 5) is 6.50. The first-order valence-electron chi connectivity index (χ1n) is 6.69. The molecule has 0 aliphatic heterocycles. The molecule has 1 N–H and O–H groups in total. The van der Waals surface area contributed by atoms with Crippen LogP contribution in [0.5, 0.6) is 0 Å². The van der Waals surface area contributed by atoms with Gasteiger partial charge in [-0.05, 0) is 37.7 Å². The normalized spacial score (nSPS) is 12.2. The molecular formula is C16H20FN3. The van der Waals surface area contributed by atoms with Gasteiger partial charge in [0, 0.05) is 31.4 Å². The van der Waals surface area contributed by atoms with Crippen molar-refractivity contribution in [3.63, 3.8) is 0 Å². The van der Waals surface area contributed by atoms with Gasteiger partial charge in [-0.25, -0.2) is 9.37 Å². The minimum absolute atomic E-state index is 0.208. The number of halogens is 1. The molecule has 0 bridgehead atoms. The van der Waals surface area contributed by atoms with Crippen LogP contribution < -0.4 is 10.2 Å². The molecule has 0 saturated heterocycles. The summed E-state index contributed by atoms with van der Waals surface area (Å²) in [7, 11) is 3.90. The number of rotatable bonds is 5. The average Bonchev–Trinajstić information content (AvgIpc) is 2.46. The van der Waals surface area contributed by atoms with E-state index < -0.39 is 0 Å². The van der Waals surface area contributed by atoms with Crippen LogP contribution in [0.15, 0.2) is 42.6 Å². The van der Waals surface area contributed by atoms with E-state index >= 15 is 0 Å². The third-order valence-corrected chi connectivity index (χ3v) is 3.39. The number of nitrogens with zero attached hydrogens (tertiary/aromatic N) is 2. The van der Waals surface area contributed by atoms with Crippen LogP contribution in [-0.4, -0.2) is 19.1 Å². The van der Waals surface area contributed by atoms with Gasteiger partial charge in [-0.3, -0.25) is 0 Å². The van der Waals surface area contributed by atoms with E-state index in [0.29, 0.717) is 6.54 Å². The van der Waals surface area contributed by atoms with Gasteiger partial charge in [0.2, 0.25) is 0 Å². The fraction of sp³-hybridized carbons (Fsp3) is 0.312. The number of benzene rings is 1. The van der Waals surface area contributed by atoms with Gasteiger partial charge >= 0.3 is 0 Å². The Balaban J connectivity index is 2.23. The highest BCUT2D eigenvalue weighted by molar-refractivity contribution is 5.48. The number of hydrogen-bond acceptors (Lipinski definition) is 3. The molecule has 0 radical (unpaired) electrons. The first-order chi connectivity index (χ1) is 9.61. The van der Waals surface area contributed by atoms with E-state index in [1.165, 1.54) is 6.07 Å². The molecule has 0 aliphatic rings. The van der Waals surface area contributed by atoms with Crippen LogP contribution in [-0.2, 0) is 6.54 Å². The van der Waals surface area contributed by atoms with Gasteiger partial charge in [-0.15, -0.1) is 0 Å². The van der Waals surface area contributed by atoms with Gasteiger partial charge in [-0.2, -0.15) is 0 Å². The molecule has 4 heteroatoms. The van der Waals surface area contributed by atoms with Crippen LogP contribution in [0, 0.1) is 5.82 Å². The topological polar surface area (TPSA) is 28.2 Å². The van der Waals surface area contributed by atoms with Crippen molar-refractivity contribution in [2.75, 3.05) is 19.0 Å². The predicted molar refractivity (Wildman–Crippen MR) is 80.2 cm³/mol. The van der Waals surface area contributed by atoms with E-state index in [0.717, 1.165) is 16.9 Å². The second kappa shape index (κ2) is 6.48. The summed E-state index contributed by atoms with van der Waals surface area (Å²) in [5, 5.41) is 3.22. The predicted octanol–water partition coefficient (Wildman–Crippen LogP) is 3.14. The summed E-state index contributed by atoms with van der Waals surface area (Å²) in [6.07, 6.45) is 1.78. The number of anilines is 1. The maximum atomic E-state index is 13.2. The molecule has 1 heterocycles. The monoisotopic (exact) mass is 273 g/mol. The summed E-state index contributed by atoms with van der Waals surface area (Å²) >= 11 is 0. The van der Waals surface area contributed by atoms with Crippen molar-refractivity contribution in [2.45, 2.75) is 19.5 Å². The Morgan fingerprint density at radius 1 is 1.30 bits per heavy atom. The van der Waals surface area contributed by atoms with Crippen molar-refractivity contribution >= 4 is 5.82 Å². The zero-order valence-electron chi connectivity index (χ0n) is 12.1. The molecule has 1 aromatic carbocycles. The molecule has 0 aliphatic carbocycles. The van der Waals surface area contributed by atoms with Gasteiger partial charge in [-0.1, -0.05) is 18.2 Å². The molecule has 20 heavy (non-hydrogen) atoms. The first kappa shape index (κ1) is 14.5. The SMILES string of the molecule is CNC(C)c1cccnc1N(C)Cc1cccc(F)c1. The van der Waals surface area contributed by atoms with E-state index in [2.05, 4.69) is 23.3 Å². The van der Waals surface area contributed by atoms with Crippen LogP contribution in [0.1, 0.15) is 24.1 Å². The van der Waals surface area contributed by atoms with Gasteiger partial charge in [0.15, 0.2) is 0 Å². The number of hydrogen-bond donors (Lipinski definition) is 1. The average molecular weight is 273 g/mol. The van der Waals surface area contributed by atoms with Crippen molar-refractivity contribution in [1.29, 1.82) is 0 Å². The first-order valence-corrected chi connectivity index (χ1v) is 6.69. The van der Waals surface area contributed by atoms with E-state index in [9.17, 15) is 4.39 Å². The van der Waals surface area contributed by atoms with Crippen LogP contribution in [0.2, 0.25) is 0 Å². The van der Waals surface area contributed by atoms with Crippen LogP contribution in [0.4, 0.5) is 10.2 Å². The lowest BCUT2D eigenvalue weighted by Gasteiger charge is -2.23. The molecular weight excluding hydrogens is 253 g/mol. The lowest BCUT2D eigenvalue weighted by atomic mass is 10.1. The Morgan fingerprint density at radius 2 is 2.10 bits per heavy atom. The summed E-state index contributed by atoms with van der Waals surface area (Å²) in [5.41, 5.74) is 2.06. The second-order valence-corrected chi connectivity index (χ2v) is 4.91. The summed E-state index contributed by atoms with van der Waals surface area (Å²) in [5.74, 6) is 0.708. The van der Waals surface area contributed by atoms with Crippen LogP contribution in [0.25, 0.3) is 0 Å². The molecule has 1 unspecified atom stereocenters.